The molecular formula is C11H11FO2. The lowest BCUT2D eigenvalue weighted by Crippen LogP contribution is -2.31. The largest absolute Gasteiger partial charge is 0.481 e. The van der Waals surface area contributed by atoms with Crippen molar-refractivity contribution >= 4 is 5.97 Å². The summed E-state index contributed by atoms with van der Waals surface area (Å²) in [6.07, 6.45) is 1.44. The van der Waals surface area contributed by atoms with Crippen molar-refractivity contribution in [2.24, 2.45) is 5.92 Å². The van der Waals surface area contributed by atoms with Gasteiger partial charge in [-0.15, -0.1) is 0 Å². The maximum Gasteiger partial charge on any atom is 0.307 e. The number of carboxylic acids is 1. The van der Waals surface area contributed by atoms with Crippen LogP contribution in [0.1, 0.15) is 24.3 Å². The van der Waals surface area contributed by atoms with Gasteiger partial charge in [-0.2, -0.15) is 0 Å². The van der Waals surface area contributed by atoms with Crippen LogP contribution in [0.5, 0.6) is 0 Å². The van der Waals surface area contributed by atoms with Gasteiger partial charge in [-0.3, -0.25) is 4.79 Å². The van der Waals surface area contributed by atoms with Crippen molar-refractivity contribution in [1.29, 1.82) is 0 Å². The Bertz CT molecular complexity index is 362. The van der Waals surface area contributed by atoms with Gasteiger partial charge >= 0.3 is 5.97 Å². The standard InChI is InChI=1S/C11H11FO2/c12-10-4-2-1-3-8(10)7-5-6-9(7)11(13)14/h1-4,7,9H,5-6H2,(H,13,14). The average molecular weight is 194 g/mol. The molecule has 1 fully saturated rings. The van der Waals surface area contributed by atoms with Crippen molar-refractivity contribution in [3.63, 3.8) is 0 Å². The molecule has 0 aromatic heterocycles. The van der Waals surface area contributed by atoms with E-state index >= 15 is 0 Å². The topological polar surface area (TPSA) is 37.3 Å². The molecule has 1 aromatic rings. The van der Waals surface area contributed by atoms with Gasteiger partial charge in [0.2, 0.25) is 0 Å². The zero-order valence-electron chi connectivity index (χ0n) is 7.61. The van der Waals surface area contributed by atoms with E-state index in [9.17, 15) is 9.18 Å². The molecule has 1 aliphatic rings. The third kappa shape index (κ3) is 1.39. The highest BCUT2D eigenvalue weighted by molar-refractivity contribution is 5.72. The Labute approximate surface area is 81.4 Å². The quantitative estimate of drug-likeness (QED) is 0.784. The molecule has 0 bridgehead atoms. The molecule has 2 rings (SSSR count). The van der Waals surface area contributed by atoms with Gasteiger partial charge in [0.25, 0.3) is 0 Å². The first-order chi connectivity index (χ1) is 6.70. The minimum Gasteiger partial charge on any atom is -0.481 e. The van der Waals surface area contributed by atoms with E-state index in [0.717, 1.165) is 6.42 Å². The average Bonchev–Trinajstić information content (AvgIpc) is 2.05. The summed E-state index contributed by atoms with van der Waals surface area (Å²) in [6.45, 7) is 0. The molecule has 0 saturated heterocycles. The molecule has 14 heavy (non-hydrogen) atoms. The van der Waals surface area contributed by atoms with Crippen molar-refractivity contribution in [2.75, 3.05) is 0 Å². The third-order valence-corrected chi connectivity index (χ3v) is 2.90. The minimum absolute atomic E-state index is 0.131. The lowest BCUT2D eigenvalue weighted by molar-refractivity contribution is -0.145. The molecule has 0 heterocycles. The number of carbonyl (C=O) groups is 1. The molecule has 0 amide bonds. The first kappa shape index (κ1) is 9.19. The maximum absolute atomic E-state index is 13.3. The van der Waals surface area contributed by atoms with Crippen LogP contribution in [0.15, 0.2) is 24.3 Å². The molecular weight excluding hydrogens is 183 g/mol. The predicted molar refractivity (Wildman–Crippen MR) is 49.5 cm³/mol. The van der Waals surface area contributed by atoms with Crippen LogP contribution < -0.4 is 0 Å². The first-order valence-electron chi connectivity index (χ1n) is 4.67. The normalized spacial score (nSPS) is 25.5. The molecule has 1 aliphatic carbocycles. The predicted octanol–water partition coefficient (Wildman–Crippen LogP) is 2.40. The molecule has 2 atom stereocenters. The Hall–Kier alpha value is -1.38. The second kappa shape index (κ2) is 3.40. The highest BCUT2D eigenvalue weighted by Crippen LogP contribution is 2.43. The SMILES string of the molecule is O=C(O)C1CCC1c1ccccc1F. The van der Waals surface area contributed by atoms with Gasteiger partial charge in [0.05, 0.1) is 5.92 Å². The van der Waals surface area contributed by atoms with Crippen LogP contribution in [0.3, 0.4) is 0 Å². The Morgan fingerprint density at radius 1 is 1.36 bits per heavy atom. The summed E-state index contributed by atoms with van der Waals surface area (Å²) in [4.78, 5) is 10.8. The van der Waals surface area contributed by atoms with Gasteiger partial charge in [-0.1, -0.05) is 18.2 Å². The van der Waals surface area contributed by atoms with E-state index in [0.29, 0.717) is 12.0 Å². The van der Waals surface area contributed by atoms with Crippen LogP contribution in [0.4, 0.5) is 4.39 Å². The van der Waals surface area contributed by atoms with E-state index in [1.807, 2.05) is 0 Å². The molecule has 1 aromatic carbocycles. The van der Waals surface area contributed by atoms with Crippen LogP contribution in [0, 0.1) is 11.7 Å². The molecule has 1 N–H and O–H groups in total. The summed E-state index contributed by atoms with van der Waals surface area (Å²) in [5.41, 5.74) is 0.547. The van der Waals surface area contributed by atoms with E-state index in [1.54, 1.807) is 18.2 Å². The Kier molecular flexibility index (Phi) is 2.23. The Morgan fingerprint density at radius 3 is 2.57 bits per heavy atom. The molecule has 0 spiro atoms. The lowest BCUT2D eigenvalue weighted by Gasteiger charge is -2.33. The van der Waals surface area contributed by atoms with Gasteiger partial charge < -0.3 is 5.11 Å². The highest BCUT2D eigenvalue weighted by Gasteiger charge is 2.38. The van der Waals surface area contributed by atoms with E-state index in [4.69, 9.17) is 5.11 Å². The fourth-order valence-corrected chi connectivity index (χ4v) is 1.94. The van der Waals surface area contributed by atoms with Crippen molar-refractivity contribution < 1.29 is 14.3 Å². The monoisotopic (exact) mass is 194 g/mol. The smallest absolute Gasteiger partial charge is 0.307 e. The van der Waals surface area contributed by atoms with Crippen LogP contribution in [-0.2, 0) is 4.79 Å². The molecule has 74 valence electrons. The zero-order valence-corrected chi connectivity index (χ0v) is 7.61. The van der Waals surface area contributed by atoms with Crippen LogP contribution in [-0.4, -0.2) is 11.1 Å². The van der Waals surface area contributed by atoms with Crippen molar-refractivity contribution in [2.45, 2.75) is 18.8 Å². The molecule has 0 aliphatic heterocycles. The molecule has 1 saturated carbocycles. The van der Waals surface area contributed by atoms with Crippen molar-refractivity contribution in [1.82, 2.24) is 0 Å². The number of halogens is 1. The fraction of sp³-hybridized carbons (Fsp3) is 0.364. The molecule has 3 heteroatoms. The summed E-state index contributed by atoms with van der Waals surface area (Å²) >= 11 is 0. The summed E-state index contributed by atoms with van der Waals surface area (Å²) in [5, 5.41) is 8.83. The van der Waals surface area contributed by atoms with Crippen LogP contribution >= 0.6 is 0 Å². The molecule has 0 radical (unpaired) electrons. The highest BCUT2D eigenvalue weighted by atomic mass is 19.1. The Morgan fingerprint density at radius 2 is 2.07 bits per heavy atom. The van der Waals surface area contributed by atoms with E-state index in [-0.39, 0.29) is 11.7 Å². The van der Waals surface area contributed by atoms with Gasteiger partial charge in [0.15, 0.2) is 0 Å². The fourth-order valence-electron chi connectivity index (χ4n) is 1.94. The zero-order chi connectivity index (χ0) is 10.1. The minimum atomic E-state index is -0.815. The number of hydrogen-bond acceptors (Lipinski definition) is 1. The number of rotatable bonds is 2. The van der Waals surface area contributed by atoms with E-state index < -0.39 is 11.9 Å². The van der Waals surface area contributed by atoms with Crippen molar-refractivity contribution in [3.05, 3.63) is 35.6 Å². The second-order valence-corrected chi connectivity index (χ2v) is 3.65. The molecule has 2 unspecified atom stereocenters. The first-order valence-corrected chi connectivity index (χ1v) is 4.67. The van der Waals surface area contributed by atoms with Gasteiger partial charge in [-0.25, -0.2) is 4.39 Å². The number of carboxylic acid groups (broad SMARTS) is 1. The number of hydrogen-bond donors (Lipinski definition) is 1. The van der Waals surface area contributed by atoms with E-state index in [2.05, 4.69) is 0 Å². The van der Waals surface area contributed by atoms with Crippen LogP contribution in [0.2, 0.25) is 0 Å². The lowest BCUT2D eigenvalue weighted by atomic mass is 9.70. The summed E-state index contributed by atoms with van der Waals surface area (Å²) < 4.78 is 13.3. The number of benzene rings is 1. The molecule has 2 nitrogen and oxygen atoms in total. The maximum atomic E-state index is 13.3. The summed E-state index contributed by atoms with van der Waals surface area (Å²) in [6, 6.07) is 6.42. The third-order valence-electron chi connectivity index (χ3n) is 2.90. The van der Waals surface area contributed by atoms with Gasteiger partial charge in [0, 0.05) is 5.92 Å². The van der Waals surface area contributed by atoms with Gasteiger partial charge in [-0.05, 0) is 24.5 Å². The van der Waals surface area contributed by atoms with E-state index in [1.165, 1.54) is 6.07 Å². The van der Waals surface area contributed by atoms with Gasteiger partial charge in [0.1, 0.15) is 5.82 Å². The second-order valence-electron chi connectivity index (χ2n) is 3.65. The Balaban J connectivity index is 2.24. The number of aliphatic carboxylic acids is 1. The summed E-state index contributed by atoms with van der Waals surface area (Å²) in [7, 11) is 0. The van der Waals surface area contributed by atoms with Crippen molar-refractivity contribution in [3.8, 4) is 0 Å². The summed E-state index contributed by atoms with van der Waals surface area (Å²) in [5.74, 6) is -1.63. The van der Waals surface area contributed by atoms with Crippen LogP contribution in [0.25, 0.3) is 0 Å².